The molecule has 0 spiro atoms. The Morgan fingerprint density at radius 3 is 1.75 bits per heavy atom. The molecule has 0 aromatic heterocycles. The molecular weight excluding hydrogens is 416 g/mol. The van der Waals surface area contributed by atoms with Gasteiger partial charge in [0.15, 0.2) is 23.7 Å². The summed E-state index contributed by atoms with van der Waals surface area (Å²) in [6, 6.07) is 0. The minimum absolute atomic E-state index is 0.331. The van der Waals surface area contributed by atoms with Crippen molar-refractivity contribution < 1.29 is 47.7 Å². The SMILES string of the molecule is CSC(=O)S[C@@H]1O[C@H](COC(C)=O)[C@@H](OC(C)=O)[C@@H](OC(C)=O)[C@H]1OC(C)=O. The quantitative estimate of drug-likeness (QED) is 0.437. The molecule has 0 aliphatic carbocycles. The number of esters is 4. The maximum atomic E-state index is 11.9. The lowest BCUT2D eigenvalue weighted by Crippen LogP contribution is -2.61. The van der Waals surface area contributed by atoms with Crippen LogP contribution in [0.25, 0.3) is 0 Å². The van der Waals surface area contributed by atoms with Crippen molar-refractivity contribution in [1.29, 1.82) is 0 Å². The fourth-order valence-electron chi connectivity index (χ4n) is 2.43. The van der Waals surface area contributed by atoms with Gasteiger partial charge in [-0.1, -0.05) is 11.8 Å². The van der Waals surface area contributed by atoms with Gasteiger partial charge in [0.2, 0.25) is 4.45 Å². The highest BCUT2D eigenvalue weighted by Crippen LogP contribution is 2.36. The Morgan fingerprint density at radius 2 is 1.29 bits per heavy atom. The number of carbonyl (C=O) groups excluding carboxylic acids is 5. The molecule has 0 aromatic rings. The zero-order chi connectivity index (χ0) is 21.4. The third-order valence-corrected chi connectivity index (χ3v) is 5.25. The first-order valence-corrected chi connectivity index (χ1v) is 10.2. The molecule has 1 rings (SSSR count). The van der Waals surface area contributed by atoms with E-state index in [0.29, 0.717) is 11.8 Å². The van der Waals surface area contributed by atoms with Gasteiger partial charge in [-0.2, -0.15) is 0 Å². The number of hydrogen-bond acceptors (Lipinski definition) is 12. The fourth-order valence-corrected chi connectivity index (χ4v) is 3.83. The zero-order valence-corrected chi connectivity index (χ0v) is 17.6. The molecule has 158 valence electrons. The highest BCUT2D eigenvalue weighted by molar-refractivity contribution is 8.38. The molecule has 0 radical (unpaired) electrons. The first kappa shape index (κ1) is 24.2. The summed E-state index contributed by atoms with van der Waals surface area (Å²) in [5, 5.41) is 0. The van der Waals surface area contributed by atoms with E-state index in [1.54, 1.807) is 6.26 Å². The highest BCUT2D eigenvalue weighted by atomic mass is 32.2. The molecule has 5 atom stereocenters. The van der Waals surface area contributed by atoms with Crippen LogP contribution in [0.4, 0.5) is 4.79 Å². The van der Waals surface area contributed by atoms with E-state index in [9.17, 15) is 24.0 Å². The molecule has 12 heteroatoms. The van der Waals surface area contributed by atoms with Crippen molar-refractivity contribution >= 4 is 51.8 Å². The van der Waals surface area contributed by atoms with Crippen molar-refractivity contribution in [3.63, 3.8) is 0 Å². The molecule has 1 heterocycles. The van der Waals surface area contributed by atoms with Crippen LogP contribution in [0.2, 0.25) is 0 Å². The van der Waals surface area contributed by atoms with Gasteiger partial charge < -0.3 is 23.7 Å². The molecular formula is C16H22O10S2. The minimum atomic E-state index is -1.27. The van der Waals surface area contributed by atoms with E-state index >= 15 is 0 Å². The number of carbonyl (C=O) groups is 5. The second kappa shape index (κ2) is 11.3. The Balaban J connectivity index is 3.30. The number of rotatable bonds is 6. The largest absolute Gasteiger partial charge is 0.463 e. The Kier molecular flexibility index (Phi) is 9.76. The third-order valence-electron chi connectivity index (χ3n) is 3.33. The summed E-state index contributed by atoms with van der Waals surface area (Å²) >= 11 is 1.62. The smallest absolute Gasteiger partial charge is 0.303 e. The summed E-state index contributed by atoms with van der Waals surface area (Å²) in [6.45, 7) is 4.24. The summed E-state index contributed by atoms with van der Waals surface area (Å²) in [6.07, 6.45) is -3.24. The molecule has 0 bridgehead atoms. The molecule has 0 aromatic carbocycles. The summed E-state index contributed by atoms with van der Waals surface area (Å²) in [7, 11) is 0. The molecule has 1 fully saturated rings. The molecule has 1 aliphatic rings. The monoisotopic (exact) mass is 438 g/mol. The van der Waals surface area contributed by atoms with Crippen LogP contribution in [0.3, 0.4) is 0 Å². The van der Waals surface area contributed by atoms with Crippen LogP contribution in [-0.4, -0.2) is 71.0 Å². The third kappa shape index (κ3) is 7.68. The second-order valence-corrected chi connectivity index (χ2v) is 7.75. The lowest BCUT2D eigenvalue weighted by Gasteiger charge is -2.43. The standard InChI is InChI=1S/C16H22O10S2/c1-7(17)22-6-11-12(23-8(2)18)13(24-9(3)19)14(25-10(4)20)15(26-11)28-16(21)27-5/h11-15H,6H2,1-5H3/t11-,12-,13-,14-,15+/m1/s1. The van der Waals surface area contributed by atoms with E-state index in [0.717, 1.165) is 32.5 Å². The summed E-state index contributed by atoms with van der Waals surface area (Å²) in [4.78, 5) is 57.9. The average molecular weight is 438 g/mol. The zero-order valence-electron chi connectivity index (χ0n) is 16.0. The van der Waals surface area contributed by atoms with Gasteiger partial charge in [-0.15, -0.1) is 0 Å². The first-order valence-electron chi connectivity index (χ1n) is 8.10. The van der Waals surface area contributed by atoms with E-state index in [1.807, 2.05) is 0 Å². The maximum Gasteiger partial charge on any atom is 0.303 e. The Labute approximate surface area is 170 Å². The normalized spacial score (nSPS) is 26.7. The van der Waals surface area contributed by atoms with Crippen LogP contribution < -0.4 is 0 Å². The average Bonchev–Trinajstić information content (AvgIpc) is 2.57. The second-order valence-electron chi connectivity index (χ2n) is 5.64. The van der Waals surface area contributed by atoms with Crippen molar-refractivity contribution in [1.82, 2.24) is 0 Å². The molecule has 10 nitrogen and oxygen atoms in total. The Hall–Kier alpha value is -1.79. The van der Waals surface area contributed by atoms with Crippen molar-refractivity contribution in [2.45, 2.75) is 57.5 Å². The van der Waals surface area contributed by atoms with Crippen molar-refractivity contribution in [3.8, 4) is 0 Å². The molecule has 28 heavy (non-hydrogen) atoms. The Bertz CT molecular complexity index is 623. The topological polar surface area (TPSA) is 132 Å². The minimum Gasteiger partial charge on any atom is -0.463 e. The summed E-state index contributed by atoms with van der Waals surface area (Å²) in [5.74, 6) is -2.77. The molecule has 0 saturated carbocycles. The molecule has 1 saturated heterocycles. The van der Waals surface area contributed by atoms with E-state index in [2.05, 4.69) is 0 Å². The predicted molar refractivity (Wildman–Crippen MR) is 98.5 cm³/mol. The van der Waals surface area contributed by atoms with Gasteiger partial charge in [0.05, 0.1) is 0 Å². The lowest BCUT2D eigenvalue weighted by atomic mass is 9.99. The van der Waals surface area contributed by atoms with E-state index in [1.165, 1.54) is 6.92 Å². The first-order chi connectivity index (χ1) is 13.0. The lowest BCUT2D eigenvalue weighted by molar-refractivity contribution is -0.237. The van der Waals surface area contributed by atoms with Crippen LogP contribution >= 0.6 is 23.5 Å². The van der Waals surface area contributed by atoms with Crippen LogP contribution in [-0.2, 0) is 42.9 Å². The summed E-state index contributed by atoms with van der Waals surface area (Å²) in [5.41, 5.74) is -1.08. The van der Waals surface area contributed by atoms with Crippen molar-refractivity contribution in [2.24, 2.45) is 0 Å². The van der Waals surface area contributed by atoms with E-state index in [4.69, 9.17) is 23.7 Å². The Morgan fingerprint density at radius 1 is 0.786 bits per heavy atom. The summed E-state index contributed by atoms with van der Waals surface area (Å²) < 4.78 is 26.0. The number of ether oxygens (including phenoxy) is 5. The molecule has 0 N–H and O–H groups in total. The number of hydrogen-bond donors (Lipinski definition) is 0. The van der Waals surface area contributed by atoms with Gasteiger partial charge in [0.1, 0.15) is 12.7 Å². The van der Waals surface area contributed by atoms with Crippen molar-refractivity contribution in [3.05, 3.63) is 0 Å². The van der Waals surface area contributed by atoms with E-state index in [-0.39, 0.29) is 11.1 Å². The van der Waals surface area contributed by atoms with Crippen LogP contribution in [0.1, 0.15) is 27.7 Å². The molecule has 0 unspecified atom stereocenters. The highest BCUT2D eigenvalue weighted by Gasteiger charge is 2.52. The van der Waals surface area contributed by atoms with Crippen molar-refractivity contribution in [2.75, 3.05) is 12.9 Å². The van der Waals surface area contributed by atoms with Crippen LogP contribution in [0.15, 0.2) is 0 Å². The van der Waals surface area contributed by atoms with E-state index < -0.39 is 53.7 Å². The molecule has 1 aliphatic heterocycles. The van der Waals surface area contributed by atoms with Gasteiger partial charge in [-0.25, -0.2) is 0 Å². The van der Waals surface area contributed by atoms with Gasteiger partial charge in [-0.3, -0.25) is 24.0 Å². The predicted octanol–water partition coefficient (Wildman–Crippen LogP) is 1.29. The van der Waals surface area contributed by atoms with Gasteiger partial charge in [0, 0.05) is 27.7 Å². The fraction of sp³-hybridized carbons (Fsp3) is 0.688. The molecule has 0 amide bonds. The van der Waals surface area contributed by atoms with Gasteiger partial charge in [0.25, 0.3) is 0 Å². The maximum absolute atomic E-state index is 11.9. The number of thioether (sulfide) groups is 2. The van der Waals surface area contributed by atoms with Crippen LogP contribution in [0, 0.1) is 0 Å². The van der Waals surface area contributed by atoms with Gasteiger partial charge >= 0.3 is 23.9 Å². The van der Waals surface area contributed by atoms with Gasteiger partial charge in [-0.05, 0) is 18.0 Å². The van der Waals surface area contributed by atoms with Crippen LogP contribution in [0.5, 0.6) is 0 Å².